The van der Waals surface area contributed by atoms with E-state index in [0.717, 1.165) is 12.1 Å². The lowest BCUT2D eigenvalue weighted by Gasteiger charge is -2.11. The van der Waals surface area contributed by atoms with Gasteiger partial charge in [-0.1, -0.05) is 6.07 Å². The van der Waals surface area contributed by atoms with Gasteiger partial charge in [0.1, 0.15) is 24.0 Å². The van der Waals surface area contributed by atoms with Gasteiger partial charge in [0.15, 0.2) is 0 Å². The standard InChI is InChI=1S/C13H14F3N3O/c1-2-19-11(17)7-18-12(19)8-20-10-5-3-4-9(6-10)13(14,15)16/h3-7H,2,8,17H2,1H3. The zero-order valence-corrected chi connectivity index (χ0v) is 10.8. The number of alkyl halides is 3. The third kappa shape index (κ3) is 3.04. The average molecular weight is 285 g/mol. The second kappa shape index (κ2) is 5.44. The summed E-state index contributed by atoms with van der Waals surface area (Å²) in [7, 11) is 0. The third-order valence-electron chi connectivity index (χ3n) is 2.81. The molecule has 0 atom stereocenters. The van der Waals surface area contributed by atoms with Gasteiger partial charge in [0.2, 0.25) is 0 Å². The van der Waals surface area contributed by atoms with Crippen molar-refractivity contribution in [1.82, 2.24) is 9.55 Å². The summed E-state index contributed by atoms with van der Waals surface area (Å²) < 4.78 is 44.8. The molecule has 0 bridgehead atoms. The van der Waals surface area contributed by atoms with E-state index >= 15 is 0 Å². The number of nitrogens with zero attached hydrogens (tertiary/aromatic N) is 2. The van der Waals surface area contributed by atoms with E-state index < -0.39 is 11.7 Å². The molecule has 20 heavy (non-hydrogen) atoms. The SMILES string of the molecule is CCn1c(N)cnc1COc1cccc(C(F)(F)F)c1. The summed E-state index contributed by atoms with van der Waals surface area (Å²) in [5.74, 6) is 1.21. The minimum Gasteiger partial charge on any atom is -0.486 e. The Labute approximate surface area is 114 Å². The van der Waals surface area contributed by atoms with Gasteiger partial charge in [-0.25, -0.2) is 4.98 Å². The zero-order chi connectivity index (χ0) is 14.8. The fraction of sp³-hybridized carbons (Fsp3) is 0.308. The lowest BCUT2D eigenvalue weighted by molar-refractivity contribution is -0.137. The number of hydrogen-bond acceptors (Lipinski definition) is 3. The lowest BCUT2D eigenvalue weighted by Crippen LogP contribution is -2.09. The molecule has 0 amide bonds. The highest BCUT2D eigenvalue weighted by atomic mass is 19.4. The number of nitrogens with two attached hydrogens (primary N) is 1. The van der Waals surface area contributed by atoms with Crippen molar-refractivity contribution < 1.29 is 17.9 Å². The van der Waals surface area contributed by atoms with Crippen LogP contribution in [-0.4, -0.2) is 9.55 Å². The van der Waals surface area contributed by atoms with Crippen LogP contribution in [0.3, 0.4) is 0 Å². The van der Waals surface area contributed by atoms with Crippen LogP contribution in [-0.2, 0) is 19.3 Å². The Morgan fingerprint density at radius 3 is 2.75 bits per heavy atom. The Morgan fingerprint density at radius 1 is 1.35 bits per heavy atom. The maximum atomic E-state index is 12.6. The molecule has 1 heterocycles. The Kier molecular flexibility index (Phi) is 3.87. The van der Waals surface area contributed by atoms with E-state index in [1.165, 1.54) is 18.3 Å². The normalized spacial score (nSPS) is 11.6. The first-order valence-electron chi connectivity index (χ1n) is 6.01. The molecule has 0 spiro atoms. The summed E-state index contributed by atoms with van der Waals surface area (Å²) in [5, 5.41) is 0. The number of aromatic nitrogens is 2. The van der Waals surface area contributed by atoms with Gasteiger partial charge in [0, 0.05) is 6.54 Å². The van der Waals surface area contributed by atoms with Gasteiger partial charge in [-0.15, -0.1) is 0 Å². The minimum atomic E-state index is -4.38. The van der Waals surface area contributed by atoms with E-state index in [4.69, 9.17) is 10.5 Å². The van der Waals surface area contributed by atoms with E-state index in [0.29, 0.717) is 18.2 Å². The molecule has 0 saturated carbocycles. The van der Waals surface area contributed by atoms with Crippen LogP contribution in [0.2, 0.25) is 0 Å². The molecule has 0 radical (unpaired) electrons. The number of benzene rings is 1. The Balaban J connectivity index is 2.11. The highest BCUT2D eigenvalue weighted by Gasteiger charge is 2.30. The highest BCUT2D eigenvalue weighted by molar-refractivity contribution is 5.31. The number of imidazole rings is 1. The Bertz CT molecular complexity index is 593. The summed E-state index contributed by atoms with van der Waals surface area (Å²) in [5.41, 5.74) is 4.96. The van der Waals surface area contributed by atoms with E-state index in [-0.39, 0.29) is 12.4 Å². The van der Waals surface area contributed by atoms with Crippen molar-refractivity contribution >= 4 is 5.82 Å². The van der Waals surface area contributed by atoms with E-state index in [1.807, 2.05) is 6.92 Å². The van der Waals surface area contributed by atoms with Crippen LogP contribution in [0, 0.1) is 0 Å². The van der Waals surface area contributed by atoms with Crippen LogP contribution < -0.4 is 10.5 Å². The number of nitrogen functional groups attached to an aromatic ring is 1. The Morgan fingerprint density at radius 2 is 2.10 bits per heavy atom. The second-order valence-corrected chi connectivity index (χ2v) is 4.16. The van der Waals surface area contributed by atoms with E-state index in [2.05, 4.69) is 4.98 Å². The molecular weight excluding hydrogens is 271 g/mol. The summed E-state index contributed by atoms with van der Waals surface area (Å²) in [6.07, 6.45) is -2.89. The smallest absolute Gasteiger partial charge is 0.416 e. The molecule has 1 aromatic heterocycles. The van der Waals surface area contributed by atoms with E-state index in [9.17, 15) is 13.2 Å². The largest absolute Gasteiger partial charge is 0.486 e. The molecule has 108 valence electrons. The first-order chi connectivity index (χ1) is 9.41. The van der Waals surface area contributed by atoms with Crippen molar-refractivity contribution in [3.05, 3.63) is 41.9 Å². The lowest BCUT2D eigenvalue weighted by atomic mass is 10.2. The van der Waals surface area contributed by atoms with Crippen LogP contribution >= 0.6 is 0 Å². The van der Waals surface area contributed by atoms with Gasteiger partial charge in [0.05, 0.1) is 11.8 Å². The van der Waals surface area contributed by atoms with Crippen molar-refractivity contribution in [3.63, 3.8) is 0 Å². The molecule has 2 N–H and O–H groups in total. The molecule has 4 nitrogen and oxygen atoms in total. The highest BCUT2D eigenvalue weighted by Crippen LogP contribution is 2.31. The molecule has 0 saturated heterocycles. The molecule has 2 rings (SSSR count). The topological polar surface area (TPSA) is 53.1 Å². The summed E-state index contributed by atoms with van der Waals surface area (Å²) in [4.78, 5) is 4.06. The number of hydrogen-bond donors (Lipinski definition) is 1. The van der Waals surface area contributed by atoms with Crippen molar-refractivity contribution in [2.75, 3.05) is 5.73 Å². The molecule has 7 heteroatoms. The van der Waals surface area contributed by atoms with Crippen molar-refractivity contribution in [3.8, 4) is 5.75 Å². The fourth-order valence-corrected chi connectivity index (χ4v) is 1.82. The van der Waals surface area contributed by atoms with Crippen LogP contribution in [0.15, 0.2) is 30.5 Å². The molecule has 0 unspecified atom stereocenters. The van der Waals surface area contributed by atoms with Crippen LogP contribution in [0.25, 0.3) is 0 Å². The monoisotopic (exact) mass is 285 g/mol. The predicted molar refractivity (Wildman–Crippen MR) is 68.1 cm³/mol. The van der Waals surface area contributed by atoms with Crippen LogP contribution in [0.4, 0.5) is 19.0 Å². The Hall–Kier alpha value is -2.18. The second-order valence-electron chi connectivity index (χ2n) is 4.16. The van der Waals surface area contributed by atoms with E-state index in [1.54, 1.807) is 4.57 Å². The van der Waals surface area contributed by atoms with Gasteiger partial charge in [-0.3, -0.25) is 0 Å². The quantitative estimate of drug-likeness (QED) is 0.939. The zero-order valence-electron chi connectivity index (χ0n) is 10.8. The van der Waals surface area contributed by atoms with Crippen molar-refractivity contribution in [2.24, 2.45) is 0 Å². The van der Waals surface area contributed by atoms with Crippen molar-refractivity contribution in [1.29, 1.82) is 0 Å². The van der Waals surface area contributed by atoms with Gasteiger partial charge in [0.25, 0.3) is 0 Å². The molecule has 1 aromatic carbocycles. The molecule has 0 aliphatic heterocycles. The maximum absolute atomic E-state index is 12.6. The molecule has 0 fully saturated rings. The van der Waals surface area contributed by atoms with Crippen LogP contribution in [0.5, 0.6) is 5.75 Å². The fourth-order valence-electron chi connectivity index (χ4n) is 1.82. The summed E-state index contributed by atoms with van der Waals surface area (Å²) >= 11 is 0. The van der Waals surface area contributed by atoms with Crippen molar-refractivity contribution in [2.45, 2.75) is 26.3 Å². The predicted octanol–water partition coefficient (Wildman–Crippen LogP) is 3.08. The first-order valence-corrected chi connectivity index (χ1v) is 6.01. The third-order valence-corrected chi connectivity index (χ3v) is 2.81. The molecule has 2 aromatic rings. The van der Waals surface area contributed by atoms with Gasteiger partial charge in [-0.2, -0.15) is 13.2 Å². The number of rotatable bonds is 4. The average Bonchev–Trinajstić information content (AvgIpc) is 2.76. The van der Waals surface area contributed by atoms with Gasteiger partial charge < -0.3 is 15.0 Å². The van der Waals surface area contributed by atoms with Crippen LogP contribution in [0.1, 0.15) is 18.3 Å². The molecule has 0 aliphatic rings. The molecular formula is C13H14F3N3O. The number of ether oxygens (including phenoxy) is 1. The minimum absolute atomic E-state index is 0.0619. The van der Waals surface area contributed by atoms with Gasteiger partial charge in [-0.05, 0) is 25.1 Å². The first kappa shape index (κ1) is 14.2. The summed E-state index contributed by atoms with van der Waals surface area (Å²) in [6, 6.07) is 4.73. The maximum Gasteiger partial charge on any atom is 0.416 e. The number of anilines is 1. The summed E-state index contributed by atoms with van der Waals surface area (Å²) in [6.45, 7) is 2.57. The molecule has 0 aliphatic carbocycles. The number of halogens is 3. The van der Waals surface area contributed by atoms with Gasteiger partial charge >= 0.3 is 6.18 Å².